The number of nitrogens with two attached hydrogens (primary N) is 1. The van der Waals surface area contributed by atoms with Crippen molar-refractivity contribution >= 4 is 48.9 Å². The molecule has 0 saturated carbocycles. The van der Waals surface area contributed by atoms with E-state index in [2.05, 4.69) is 20.7 Å². The number of carbonyl (C=O) groups is 1. The van der Waals surface area contributed by atoms with Crippen LogP contribution in [0.25, 0.3) is 22.3 Å². The number of anilines is 1. The first-order valence-electron chi connectivity index (χ1n) is 7.50. The van der Waals surface area contributed by atoms with Gasteiger partial charge in [-0.25, -0.2) is 8.42 Å². The van der Waals surface area contributed by atoms with Crippen LogP contribution in [0.4, 0.5) is 5.69 Å². The van der Waals surface area contributed by atoms with E-state index in [0.29, 0.717) is 26.2 Å². The molecule has 134 valence electrons. The van der Waals surface area contributed by atoms with Crippen LogP contribution < -0.4 is 10.5 Å². The Morgan fingerprint density at radius 3 is 2.42 bits per heavy atom. The summed E-state index contributed by atoms with van der Waals surface area (Å²) in [5.74, 6) is -0.523. The molecule has 3 rings (SSSR count). The van der Waals surface area contributed by atoms with Gasteiger partial charge >= 0.3 is 0 Å². The lowest BCUT2D eigenvalue weighted by molar-refractivity contribution is 0.100. The lowest BCUT2D eigenvalue weighted by Gasteiger charge is -2.11. The first kappa shape index (κ1) is 18.6. The predicted molar refractivity (Wildman–Crippen MR) is 110 cm³/mol. The van der Waals surface area contributed by atoms with Crippen molar-refractivity contribution in [2.75, 3.05) is 11.0 Å². The summed E-state index contributed by atoms with van der Waals surface area (Å²) in [5.41, 5.74) is 9.17. The molecule has 0 unspecified atom stereocenters. The number of hydrogen-bond donors (Lipinski definition) is 2. The van der Waals surface area contributed by atoms with Crippen molar-refractivity contribution in [2.24, 2.45) is 5.73 Å². The molecule has 0 spiro atoms. The van der Waals surface area contributed by atoms with Crippen molar-refractivity contribution in [3.63, 3.8) is 0 Å². The number of benzene rings is 2. The van der Waals surface area contributed by atoms with Gasteiger partial charge in [-0.2, -0.15) is 0 Å². The zero-order chi connectivity index (χ0) is 18.9. The highest BCUT2D eigenvalue weighted by atomic mass is 79.9. The average Bonchev–Trinajstić information content (AvgIpc) is 2.98. The van der Waals surface area contributed by atoms with Crippen LogP contribution in [0.15, 0.2) is 58.4 Å². The van der Waals surface area contributed by atoms with Gasteiger partial charge in [0.2, 0.25) is 10.0 Å². The molecular weight excluding hydrogens is 436 g/mol. The predicted octanol–water partition coefficient (Wildman–Crippen LogP) is 4.32. The Kier molecular flexibility index (Phi) is 5.17. The number of carbonyl (C=O) groups excluding carboxylic acids is 1. The quantitative estimate of drug-likeness (QED) is 0.606. The fourth-order valence-electron chi connectivity index (χ4n) is 2.66. The molecule has 2 aromatic carbocycles. The van der Waals surface area contributed by atoms with Gasteiger partial charge in [-0.15, -0.1) is 11.3 Å². The van der Waals surface area contributed by atoms with E-state index in [1.165, 1.54) is 11.3 Å². The summed E-state index contributed by atoms with van der Waals surface area (Å²) in [5, 5.41) is 1.88. The largest absolute Gasteiger partial charge is 0.365 e. The van der Waals surface area contributed by atoms with E-state index in [4.69, 9.17) is 5.73 Å². The van der Waals surface area contributed by atoms with E-state index in [0.717, 1.165) is 17.4 Å². The molecular formula is C18H15BrN2O3S2. The van der Waals surface area contributed by atoms with E-state index in [9.17, 15) is 13.2 Å². The highest BCUT2D eigenvalue weighted by Crippen LogP contribution is 2.41. The highest BCUT2D eigenvalue weighted by molar-refractivity contribution is 9.10. The number of nitrogens with one attached hydrogen (secondary N) is 1. The van der Waals surface area contributed by atoms with E-state index in [1.807, 2.05) is 41.8 Å². The lowest BCUT2D eigenvalue weighted by Crippen LogP contribution is -2.11. The summed E-state index contributed by atoms with van der Waals surface area (Å²) in [4.78, 5) is 12.4. The van der Waals surface area contributed by atoms with Gasteiger partial charge in [0.05, 0.1) is 11.9 Å². The summed E-state index contributed by atoms with van der Waals surface area (Å²) in [6, 6.07) is 14.8. The molecule has 0 radical (unpaired) electrons. The Balaban J connectivity index is 2.23. The van der Waals surface area contributed by atoms with Crippen LogP contribution in [0, 0.1) is 0 Å². The van der Waals surface area contributed by atoms with Crippen molar-refractivity contribution in [2.45, 2.75) is 0 Å². The number of primary amides is 1. The van der Waals surface area contributed by atoms with Crippen molar-refractivity contribution in [3.8, 4) is 22.3 Å². The molecule has 0 aliphatic rings. The minimum absolute atomic E-state index is 0.400. The van der Waals surface area contributed by atoms with Crippen LogP contribution in [-0.2, 0) is 10.0 Å². The Morgan fingerprint density at radius 2 is 1.81 bits per heavy atom. The summed E-state index contributed by atoms with van der Waals surface area (Å²) in [7, 11) is -3.43. The second kappa shape index (κ2) is 7.22. The van der Waals surface area contributed by atoms with Gasteiger partial charge in [0.25, 0.3) is 5.91 Å². The molecule has 0 saturated heterocycles. The minimum atomic E-state index is -3.43. The van der Waals surface area contributed by atoms with E-state index in [-0.39, 0.29) is 0 Å². The van der Waals surface area contributed by atoms with Gasteiger partial charge in [0.1, 0.15) is 4.88 Å². The molecule has 1 heterocycles. The third-order valence-electron chi connectivity index (χ3n) is 3.59. The maximum atomic E-state index is 11.9. The van der Waals surface area contributed by atoms with Crippen molar-refractivity contribution in [1.82, 2.24) is 0 Å². The maximum absolute atomic E-state index is 11.9. The highest BCUT2D eigenvalue weighted by Gasteiger charge is 2.20. The summed E-state index contributed by atoms with van der Waals surface area (Å²) >= 11 is 4.67. The van der Waals surface area contributed by atoms with Crippen LogP contribution in [0.1, 0.15) is 9.67 Å². The topological polar surface area (TPSA) is 89.3 Å². The molecule has 5 nitrogen and oxygen atoms in total. The van der Waals surface area contributed by atoms with Gasteiger partial charge in [-0.1, -0.05) is 46.3 Å². The second-order valence-corrected chi connectivity index (χ2v) is 9.23. The fraction of sp³-hybridized carbons (Fsp3) is 0.0556. The summed E-state index contributed by atoms with van der Waals surface area (Å²) in [6.07, 6.45) is 1.09. The number of thiophene rings is 1. The first-order valence-corrected chi connectivity index (χ1v) is 11.1. The molecule has 1 aromatic heterocycles. The Hall–Kier alpha value is -2.16. The lowest BCUT2D eigenvalue weighted by atomic mass is 9.96. The van der Waals surface area contributed by atoms with Crippen molar-refractivity contribution < 1.29 is 13.2 Å². The molecule has 1 amide bonds. The number of halogens is 1. The maximum Gasteiger partial charge on any atom is 0.259 e. The van der Waals surface area contributed by atoms with E-state index in [1.54, 1.807) is 12.1 Å². The summed E-state index contributed by atoms with van der Waals surface area (Å²) < 4.78 is 26.3. The van der Waals surface area contributed by atoms with Crippen molar-refractivity contribution in [3.05, 3.63) is 63.3 Å². The third kappa shape index (κ3) is 4.14. The Morgan fingerprint density at radius 1 is 1.12 bits per heavy atom. The molecule has 0 bridgehead atoms. The van der Waals surface area contributed by atoms with Gasteiger partial charge in [0, 0.05) is 21.0 Å². The molecule has 26 heavy (non-hydrogen) atoms. The van der Waals surface area contributed by atoms with Crippen LogP contribution in [0.2, 0.25) is 0 Å². The molecule has 0 aliphatic carbocycles. The zero-order valence-electron chi connectivity index (χ0n) is 13.7. The van der Waals surface area contributed by atoms with Gasteiger partial charge in [-0.05, 0) is 29.3 Å². The van der Waals surface area contributed by atoms with Gasteiger partial charge in [0.15, 0.2) is 0 Å². The van der Waals surface area contributed by atoms with Gasteiger partial charge in [-0.3, -0.25) is 9.52 Å². The number of rotatable bonds is 5. The molecule has 8 heteroatoms. The number of sulfonamides is 1. The smallest absolute Gasteiger partial charge is 0.259 e. The Labute approximate surface area is 164 Å². The van der Waals surface area contributed by atoms with Crippen LogP contribution in [-0.4, -0.2) is 20.6 Å². The molecule has 3 aromatic rings. The van der Waals surface area contributed by atoms with E-state index >= 15 is 0 Å². The monoisotopic (exact) mass is 450 g/mol. The third-order valence-corrected chi connectivity index (χ3v) is 5.65. The number of amides is 1. The normalized spacial score (nSPS) is 11.3. The summed E-state index contributed by atoms with van der Waals surface area (Å²) in [6.45, 7) is 0. The molecule has 0 fully saturated rings. The SMILES string of the molecule is CS(=O)(=O)Nc1cc(Br)cc(-c2c(-c3ccccc3)csc2C(N)=O)c1. The zero-order valence-corrected chi connectivity index (χ0v) is 16.9. The van der Waals surface area contributed by atoms with E-state index < -0.39 is 15.9 Å². The van der Waals surface area contributed by atoms with Gasteiger partial charge < -0.3 is 5.73 Å². The Bertz CT molecular complexity index is 1080. The average molecular weight is 451 g/mol. The minimum Gasteiger partial charge on any atom is -0.365 e. The van der Waals surface area contributed by atoms with Crippen LogP contribution in [0.5, 0.6) is 0 Å². The molecule has 3 N–H and O–H groups in total. The standard InChI is InChI=1S/C18H15BrN2O3S2/c1-26(23,24)21-14-8-12(7-13(19)9-14)16-15(10-25-17(16)18(20)22)11-5-3-2-4-6-11/h2-10,21H,1H3,(H2,20,22). The first-order chi connectivity index (χ1) is 12.2. The fourth-order valence-corrected chi connectivity index (χ4v) is 4.65. The van der Waals surface area contributed by atoms with Crippen LogP contribution >= 0.6 is 27.3 Å². The van der Waals surface area contributed by atoms with Crippen LogP contribution in [0.3, 0.4) is 0 Å². The second-order valence-electron chi connectivity index (χ2n) is 5.69. The molecule has 0 atom stereocenters. The number of hydrogen-bond acceptors (Lipinski definition) is 4. The molecule has 0 aliphatic heterocycles. The van der Waals surface area contributed by atoms with Crippen molar-refractivity contribution in [1.29, 1.82) is 0 Å².